The summed E-state index contributed by atoms with van der Waals surface area (Å²) in [5.41, 5.74) is 2.58. The van der Waals surface area contributed by atoms with Crippen LogP contribution in [-0.4, -0.2) is 44.1 Å². The molecule has 2 N–H and O–H groups in total. The molecule has 1 aliphatic heterocycles. The first-order chi connectivity index (χ1) is 14.3. The first kappa shape index (κ1) is 24.5. The Kier molecular flexibility index (Phi) is 11.0. The molecule has 0 saturated carbocycles. The second-order valence-corrected chi connectivity index (χ2v) is 7.63. The monoisotopic (exact) mass is 522 g/mol. The lowest BCUT2D eigenvalue weighted by Gasteiger charge is -2.32. The molecular formula is C24H35IN4O. The Labute approximate surface area is 198 Å². The van der Waals surface area contributed by atoms with E-state index < -0.39 is 0 Å². The molecule has 2 aromatic rings. The van der Waals surface area contributed by atoms with Crippen LogP contribution in [0.3, 0.4) is 0 Å². The molecule has 0 radical (unpaired) electrons. The number of piperidine rings is 1. The van der Waals surface area contributed by atoms with E-state index in [2.05, 4.69) is 58.9 Å². The van der Waals surface area contributed by atoms with Gasteiger partial charge in [0.15, 0.2) is 5.96 Å². The number of aliphatic imine (C=N–C) groups is 1. The van der Waals surface area contributed by atoms with E-state index in [-0.39, 0.29) is 24.0 Å². The topological polar surface area (TPSA) is 48.9 Å². The van der Waals surface area contributed by atoms with Crippen molar-refractivity contribution >= 4 is 29.9 Å². The molecule has 5 nitrogen and oxygen atoms in total. The molecule has 3 rings (SSSR count). The molecule has 0 bridgehead atoms. The minimum Gasteiger partial charge on any atom is -0.497 e. The lowest BCUT2D eigenvalue weighted by atomic mass is 9.96. The molecular weight excluding hydrogens is 487 g/mol. The number of nitrogens with one attached hydrogen (secondary N) is 2. The lowest BCUT2D eigenvalue weighted by molar-refractivity contribution is 0.178. The Morgan fingerprint density at radius 2 is 1.70 bits per heavy atom. The summed E-state index contributed by atoms with van der Waals surface area (Å²) in [7, 11) is 1.71. The van der Waals surface area contributed by atoms with E-state index in [1.807, 2.05) is 18.2 Å². The quantitative estimate of drug-likeness (QED) is 0.309. The third kappa shape index (κ3) is 8.14. The molecule has 0 spiro atoms. The van der Waals surface area contributed by atoms with E-state index in [0.717, 1.165) is 44.4 Å². The van der Waals surface area contributed by atoms with Crippen LogP contribution >= 0.6 is 24.0 Å². The summed E-state index contributed by atoms with van der Waals surface area (Å²) < 4.78 is 5.24. The van der Waals surface area contributed by atoms with Crippen LogP contribution in [0.4, 0.5) is 0 Å². The van der Waals surface area contributed by atoms with Gasteiger partial charge in [0.05, 0.1) is 13.7 Å². The zero-order valence-electron chi connectivity index (χ0n) is 18.1. The molecule has 0 amide bonds. The summed E-state index contributed by atoms with van der Waals surface area (Å²) in [5, 5.41) is 6.91. The van der Waals surface area contributed by atoms with Crippen molar-refractivity contribution in [2.75, 3.05) is 33.3 Å². The van der Waals surface area contributed by atoms with Crippen LogP contribution in [0.15, 0.2) is 59.6 Å². The van der Waals surface area contributed by atoms with E-state index in [1.165, 1.54) is 24.0 Å². The average molecular weight is 522 g/mol. The fourth-order valence-electron chi connectivity index (χ4n) is 3.67. The van der Waals surface area contributed by atoms with E-state index >= 15 is 0 Å². The smallest absolute Gasteiger partial charge is 0.191 e. The summed E-state index contributed by atoms with van der Waals surface area (Å²) >= 11 is 0. The molecule has 164 valence electrons. The van der Waals surface area contributed by atoms with E-state index in [9.17, 15) is 0 Å². The summed E-state index contributed by atoms with van der Waals surface area (Å²) in [6, 6.07) is 18.8. The van der Waals surface area contributed by atoms with Crippen molar-refractivity contribution < 1.29 is 4.74 Å². The van der Waals surface area contributed by atoms with Gasteiger partial charge in [-0.2, -0.15) is 0 Å². The van der Waals surface area contributed by atoms with Gasteiger partial charge in [0.1, 0.15) is 5.75 Å². The summed E-state index contributed by atoms with van der Waals surface area (Å²) in [6.07, 6.45) is 2.45. The lowest BCUT2D eigenvalue weighted by Crippen LogP contribution is -2.42. The maximum absolute atomic E-state index is 5.24. The number of methoxy groups -OCH3 is 1. The number of hydrogen-bond acceptors (Lipinski definition) is 3. The van der Waals surface area contributed by atoms with E-state index in [0.29, 0.717) is 12.5 Å². The summed E-state index contributed by atoms with van der Waals surface area (Å²) in [5.74, 6) is 2.53. The number of guanidine groups is 1. The Balaban J connectivity index is 0.00000320. The van der Waals surface area contributed by atoms with Gasteiger partial charge in [0, 0.05) is 19.6 Å². The molecule has 30 heavy (non-hydrogen) atoms. The van der Waals surface area contributed by atoms with Crippen molar-refractivity contribution in [2.24, 2.45) is 10.9 Å². The molecule has 6 heteroatoms. The molecule has 0 aromatic heterocycles. The zero-order chi connectivity index (χ0) is 20.3. The number of benzene rings is 2. The second kappa shape index (κ2) is 13.5. The Bertz CT molecular complexity index is 744. The third-order valence-electron chi connectivity index (χ3n) is 5.44. The minimum absolute atomic E-state index is 0. The second-order valence-electron chi connectivity index (χ2n) is 7.63. The highest BCUT2D eigenvalue weighted by Gasteiger charge is 2.19. The van der Waals surface area contributed by atoms with Gasteiger partial charge in [-0.25, -0.2) is 4.99 Å². The average Bonchev–Trinajstić information content (AvgIpc) is 2.78. The van der Waals surface area contributed by atoms with Crippen LogP contribution in [0, 0.1) is 5.92 Å². The Morgan fingerprint density at radius 3 is 2.33 bits per heavy atom. The highest BCUT2D eigenvalue weighted by molar-refractivity contribution is 14.0. The first-order valence-electron chi connectivity index (χ1n) is 10.7. The van der Waals surface area contributed by atoms with Gasteiger partial charge in [-0.3, -0.25) is 4.90 Å². The van der Waals surface area contributed by atoms with Crippen molar-refractivity contribution in [3.8, 4) is 5.75 Å². The van der Waals surface area contributed by atoms with Crippen molar-refractivity contribution in [3.63, 3.8) is 0 Å². The maximum atomic E-state index is 5.24. The molecule has 1 heterocycles. The van der Waals surface area contributed by atoms with Crippen LogP contribution in [0.25, 0.3) is 0 Å². The van der Waals surface area contributed by atoms with E-state index in [1.54, 1.807) is 7.11 Å². The predicted molar refractivity (Wildman–Crippen MR) is 136 cm³/mol. The molecule has 0 aliphatic carbocycles. The fourth-order valence-corrected chi connectivity index (χ4v) is 3.67. The van der Waals surface area contributed by atoms with Crippen molar-refractivity contribution in [1.29, 1.82) is 0 Å². The molecule has 1 fully saturated rings. The first-order valence-corrected chi connectivity index (χ1v) is 10.7. The van der Waals surface area contributed by atoms with Crippen LogP contribution in [0.5, 0.6) is 5.75 Å². The Morgan fingerprint density at radius 1 is 1.00 bits per heavy atom. The van der Waals surface area contributed by atoms with Gasteiger partial charge in [0.25, 0.3) is 0 Å². The van der Waals surface area contributed by atoms with Gasteiger partial charge in [-0.1, -0.05) is 42.5 Å². The maximum Gasteiger partial charge on any atom is 0.191 e. The third-order valence-corrected chi connectivity index (χ3v) is 5.44. The van der Waals surface area contributed by atoms with E-state index in [4.69, 9.17) is 9.73 Å². The van der Waals surface area contributed by atoms with Gasteiger partial charge >= 0.3 is 0 Å². The van der Waals surface area contributed by atoms with Crippen molar-refractivity contribution in [1.82, 2.24) is 15.5 Å². The molecule has 0 unspecified atom stereocenters. The number of rotatable bonds is 8. The molecule has 1 saturated heterocycles. The molecule has 1 aliphatic rings. The van der Waals surface area contributed by atoms with Gasteiger partial charge < -0.3 is 15.4 Å². The molecule has 2 aromatic carbocycles. The summed E-state index contributed by atoms with van der Waals surface area (Å²) in [6.45, 7) is 7.99. The van der Waals surface area contributed by atoms with Crippen molar-refractivity contribution in [2.45, 2.75) is 32.9 Å². The zero-order valence-corrected chi connectivity index (χ0v) is 20.5. The number of ether oxygens (including phenoxy) is 1. The van der Waals surface area contributed by atoms with Gasteiger partial charge in [0.2, 0.25) is 0 Å². The summed E-state index contributed by atoms with van der Waals surface area (Å²) in [4.78, 5) is 7.28. The van der Waals surface area contributed by atoms with Gasteiger partial charge in [-0.15, -0.1) is 24.0 Å². The van der Waals surface area contributed by atoms with Crippen LogP contribution in [-0.2, 0) is 13.1 Å². The van der Waals surface area contributed by atoms with Crippen molar-refractivity contribution in [3.05, 3.63) is 65.7 Å². The normalized spacial score (nSPS) is 15.3. The SMILES string of the molecule is CCNC(=NCc1ccccc1)NCC1CCN(Cc2ccc(OC)cc2)CC1.I. The molecule has 0 atom stereocenters. The van der Waals surface area contributed by atoms with Crippen LogP contribution in [0.2, 0.25) is 0 Å². The number of nitrogens with zero attached hydrogens (tertiary/aromatic N) is 2. The largest absolute Gasteiger partial charge is 0.497 e. The van der Waals surface area contributed by atoms with Gasteiger partial charge in [-0.05, 0) is 62.0 Å². The number of hydrogen-bond donors (Lipinski definition) is 2. The number of likely N-dealkylation sites (tertiary alicyclic amines) is 1. The Hall–Kier alpha value is -1.80. The van der Waals surface area contributed by atoms with Crippen LogP contribution < -0.4 is 15.4 Å². The fraction of sp³-hybridized carbons (Fsp3) is 0.458. The highest BCUT2D eigenvalue weighted by Crippen LogP contribution is 2.19. The minimum atomic E-state index is 0. The predicted octanol–water partition coefficient (Wildman–Crippen LogP) is 4.28. The highest BCUT2D eigenvalue weighted by atomic mass is 127. The van der Waals surface area contributed by atoms with Crippen LogP contribution in [0.1, 0.15) is 30.9 Å². The number of halogens is 1. The standard InChI is InChI=1S/C24H34N4O.HI/c1-3-25-24(26-17-20-7-5-4-6-8-20)27-18-21-13-15-28(16-14-21)19-22-9-11-23(29-2)12-10-22;/h4-12,21H,3,13-19H2,1-2H3,(H2,25,26,27);1H.